The van der Waals surface area contributed by atoms with Crippen LogP contribution in [0.5, 0.6) is 0 Å². The predicted octanol–water partition coefficient (Wildman–Crippen LogP) is 0.834. The highest BCUT2D eigenvalue weighted by Crippen LogP contribution is 2.29. The minimum Gasteiger partial charge on any atom is -0.367 e. The zero-order valence-corrected chi connectivity index (χ0v) is 11.1. The molecule has 0 fully saturated rings. The van der Waals surface area contributed by atoms with Crippen LogP contribution < -0.4 is 11.1 Å². The fourth-order valence-electron chi connectivity index (χ4n) is 2.10. The number of amides is 1. The van der Waals surface area contributed by atoms with E-state index >= 15 is 0 Å². The van der Waals surface area contributed by atoms with E-state index in [1.165, 1.54) is 28.7 Å². The van der Waals surface area contributed by atoms with Gasteiger partial charge >= 0.3 is 0 Å². The Hall–Kier alpha value is -1.96. The van der Waals surface area contributed by atoms with Crippen LogP contribution in [0.15, 0.2) is 6.33 Å². The van der Waals surface area contributed by atoms with E-state index < -0.39 is 0 Å². The van der Waals surface area contributed by atoms with Gasteiger partial charge < -0.3 is 11.1 Å². The highest BCUT2D eigenvalue weighted by atomic mass is 32.1. The molecule has 0 atom stereocenters. The van der Waals surface area contributed by atoms with E-state index in [0.717, 1.165) is 18.5 Å². The van der Waals surface area contributed by atoms with E-state index in [9.17, 15) is 4.79 Å². The summed E-state index contributed by atoms with van der Waals surface area (Å²) in [6, 6.07) is 0. The van der Waals surface area contributed by atoms with Crippen molar-refractivity contribution in [2.24, 2.45) is 0 Å². The van der Waals surface area contributed by atoms with Crippen molar-refractivity contribution in [2.45, 2.75) is 32.2 Å². The molecule has 2 aromatic rings. The lowest BCUT2D eigenvalue weighted by Gasteiger charge is -2.06. The number of carbonyl (C=O) groups is 1. The Balaban J connectivity index is 1.64. The summed E-state index contributed by atoms with van der Waals surface area (Å²) in [5, 5.41) is 7.33. The summed E-state index contributed by atoms with van der Waals surface area (Å²) in [7, 11) is 0. The highest BCUT2D eigenvalue weighted by molar-refractivity contribution is 7.15. The van der Waals surface area contributed by atoms with Crippen LogP contribution in [0.1, 0.15) is 23.4 Å². The molecular weight excluding hydrogens is 264 g/mol. The maximum Gasteiger partial charge on any atom is 0.247 e. The maximum atomic E-state index is 11.8. The average molecular weight is 278 g/mol. The van der Waals surface area contributed by atoms with Crippen LogP contribution in [0.4, 0.5) is 11.1 Å². The molecule has 0 bridgehead atoms. The van der Waals surface area contributed by atoms with E-state index in [1.807, 2.05) is 0 Å². The average Bonchev–Trinajstić information content (AvgIpc) is 2.94. The number of nitrogens with two attached hydrogens (primary N) is 1. The van der Waals surface area contributed by atoms with Gasteiger partial charge in [-0.2, -0.15) is 0 Å². The number of anilines is 2. The van der Waals surface area contributed by atoms with Crippen molar-refractivity contribution in [2.75, 3.05) is 11.1 Å². The second kappa shape index (κ2) is 4.96. The number of fused-ring (bicyclic) bond motifs is 1. The summed E-state index contributed by atoms with van der Waals surface area (Å²) >= 11 is 1.57. The molecule has 1 aliphatic rings. The van der Waals surface area contributed by atoms with Gasteiger partial charge in [0.1, 0.15) is 12.9 Å². The predicted molar refractivity (Wildman–Crippen MR) is 71.8 cm³/mol. The SMILES string of the molecule is Nc1ncn(CC(=O)Nc2nc3c(s2)CCCC3)n1. The second-order valence-electron chi connectivity index (χ2n) is 4.44. The van der Waals surface area contributed by atoms with Crippen LogP contribution >= 0.6 is 11.3 Å². The van der Waals surface area contributed by atoms with Crippen molar-refractivity contribution in [1.29, 1.82) is 0 Å². The topological polar surface area (TPSA) is 98.7 Å². The Bertz CT molecular complexity index is 581. The molecule has 0 aromatic carbocycles. The Morgan fingerprint density at radius 1 is 1.47 bits per heavy atom. The first-order valence-corrected chi connectivity index (χ1v) is 6.96. The number of aromatic nitrogens is 4. The van der Waals surface area contributed by atoms with E-state index in [1.54, 1.807) is 11.3 Å². The standard InChI is InChI=1S/C11H14N6OS/c12-10-13-6-17(16-10)5-9(18)15-11-14-7-3-1-2-4-8(7)19-11/h6H,1-5H2,(H2,12,16)(H,14,15,18). The molecule has 2 heterocycles. The Morgan fingerprint density at radius 3 is 3.05 bits per heavy atom. The number of rotatable bonds is 3. The molecule has 2 aromatic heterocycles. The first kappa shape index (κ1) is 12.1. The lowest BCUT2D eigenvalue weighted by molar-refractivity contribution is -0.116. The Labute approximate surface area is 113 Å². The molecule has 100 valence electrons. The molecule has 0 unspecified atom stereocenters. The van der Waals surface area contributed by atoms with Gasteiger partial charge in [0.25, 0.3) is 0 Å². The van der Waals surface area contributed by atoms with Gasteiger partial charge in [0.2, 0.25) is 11.9 Å². The summed E-state index contributed by atoms with van der Waals surface area (Å²) in [5.74, 6) is -0.00601. The highest BCUT2D eigenvalue weighted by Gasteiger charge is 2.16. The van der Waals surface area contributed by atoms with E-state index in [-0.39, 0.29) is 18.4 Å². The van der Waals surface area contributed by atoms with Gasteiger partial charge in [0.15, 0.2) is 5.13 Å². The third-order valence-corrected chi connectivity index (χ3v) is 4.02. The summed E-state index contributed by atoms with van der Waals surface area (Å²) in [5.41, 5.74) is 6.52. The van der Waals surface area contributed by atoms with Gasteiger partial charge in [-0.15, -0.1) is 16.4 Å². The molecular formula is C11H14N6OS. The number of thiazole rings is 1. The van der Waals surface area contributed by atoms with Crippen molar-refractivity contribution in [1.82, 2.24) is 19.7 Å². The lowest BCUT2D eigenvalue weighted by Crippen LogP contribution is -2.19. The van der Waals surface area contributed by atoms with E-state index in [0.29, 0.717) is 5.13 Å². The Kier molecular flexibility index (Phi) is 3.16. The van der Waals surface area contributed by atoms with Crippen LogP contribution in [0, 0.1) is 0 Å². The molecule has 7 nitrogen and oxygen atoms in total. The van der Waals surface area contributed by atoms with Gasteiger partial charge in [0, 0.05) is 4.88 Å². The fraction of sp³-hybridized carbons (Fsp3) is 0.455. The van der Waals surface area contributed by atoms with Crippen molar-refractivity contribution >= 4 is 28.3 Å². The largest absolute Gasteiger partial charge is 0.367 e. The molecule has 8 heteroatoms. The molecule has 3 rings (SSSR count). The number of nitrogens with one attached hydrogen (secondary N) is 1. The minimum atomic E-state index is -0.170. The number of nitrogens with zero attached hydrogens (tertiary/aromatic N) is 4. The van der Waals surface area contributed by atoms with Crippen LogP contribution in [0.3, 0.4) is 0 Å². The number of hydrogen-bond acceptors (Lipinski definition) is 6. The smallest absolute Gasteiger partial charge is 0.247 e. The van der Waals surface area contributed by atoms with Crippen LogP contribution in [0.2, 0.25) is 0 Å². The first-order chi connectivity index (χ1) is 9.20. The number of nitrogen functional groups attached to an aromatic ring is 1. The van der Waals surface area contributed by atoms with Crippen LogP contribution in [-0.2, 0) is 24.2 Å². The summed E-state index contributed by atoms with van der Waals surface area (Å²) in [6.07, 6.45) is 5.91. The molecule has 1 amide bonds. The molecule has 0 saturated heterocycles. The molecule has 0 radical (unpaired) electrons. The summed E-state index contributed by atoms with van der Waals surface area (Å²) in [6.45, 7) is 0.0917. The fourth-order valence-corrected chi connectivity index (χ4v) is 3.16. The quantitative estimate of drug-likeness (QED) is 0.866. The monoisotopic (exact) mass is 278 g/mol. The third-order valence-electron chi connectivity index (χ3n) is 2.95. The Morgan fingerprint density at radius 2 is 2.32 bits per heavy atom. The summed E-state index contributed by atoms with van der Waals surface area (Å²) < 4.78 is 1.40. The molecule has 0 spiro atoms. The maximum absolute atomic E-state index is 11.8. The third kappa shape index (κ3) is 2.73. The molecule has 3 N–H and O–H groups in total. The van der Waals surface area contributed by atoms with Crippen LogP contribution in [-0.4, -0.2) is 25.7 Å². The normalized spacial score (nSPS) is 14.1. The second-order valence-corrected chi connectivity index (χ2v) is 5.53. The van der Waals surface area contributed by atoms with Gasteiger partial charge in [-0.25, -0.2) is 14.6 Å². The van der Waals surface area contributed by atoms with E-state index in [4.69, 9.17) is 5.73 Å². The van der Waals surface area contributed by atoms with Gasteiger partial charge in [0.05, 0.1) is 5.69 Å². The van der Waals surface area contributed by atoms with Crippen molar-refractivity contribution in [3.63, 3.8) is 0 Å². The van der Waals surface area contributed by atoms with Gasteiger partial charge in [-0.3, -0.25) is 4.79 Å². The minimum absolute atomic E-state index is 0.0917. The molecule has 1 aliphatic carbocycles. The number of aryl methyl sites for hydroxylation is 2. The first-order valence-electron chi connectivity index (χ1n) is 6.14. The van der Waals surface area contributed by atoms with Crippen molar-refractivity contribution in [3.05, 3.63) is 16.9 Å². The van der Waals surface area contributed by atoms with Crippen LogP contribution in [0.25, 0.3) is 0 Å². The zero-order valence-electron chi connectivity index (χ0n) is 10.3. The summed E-state index contributed by atoms with van der Waals surface area (Å²) in [4.78, 5) is 21.3. The number of hydrogen-bond donors (Lipinski definition) is 2. The molecule has 0 aliphatic heterocycles. The lowest BCUT2D eigenvalue weighted by atomic mass is 10.0. The van der Waals surface area contributed by atoms with Gasteiger partial charge in [-0.1, -0.05) is 0 Å². The van der Waals surface area contributed by atoms with Gasteiger partial charge in [-0.05, 0) is 25.7 Å². The van der Waals surface area contributed by atoms with Crippen molar-refractivity contribution < 1.29 is 4.79 Å². The number of carbonyl (C=O) groups excluding carboxylic acids is 1. The molecule has 19 heavy (non-hydrogen) atoms. The molecule has 0 saturated carbocycles. The van der Waals surface area contributed by atoms with E-state index in [2.05, 4.69) is 20.4 Å². The zero-order chi connectivity index (χ0) is 13.2. The van der Waals surface area contributed by atoms with Crippen molar-refractivity contribution in [3.8, 4) is 0 Å².